The maximum Gasteiger partial charge on any atom is 0.143 e. The summed E-state index contributed by atoms with van der Waals surface area (Å²) in [5.41, 5.74) is -0.823. The van der Waals surface area contributed by atoms with Crippen LogP contribution in [-0.4, -0.2) is 10.7 Å². The van der Waals surface area contributed by atoms with Gasteiger partial charge >= 0.3 is 0 Å². The van der Waals surface area contributed by atoms with Crippen LogP contribution >= 0.6 is 15.9 Å². The molecule has 0 heterocycles. The summed E-state index contributed by atoms with van der Waals surface area (Å²) in [6.45, 7) is 4.36. The molecule has 2 rings (SSSR count). The predicted molar refractivity (Wildman–Crippen MR) is 79.6 cm³/mol. The Labute approximate surface area is 127 Å². The zero-order valence-corrected chi connectivity index (χ0v) is 13.6. The highest BCUT2D eigenvalue weighted by atomic mass is 79.9. The number of hydrogen-bond donors (Lipinski definition) is 1. The lowest BCUT2D eigenvalue weighted by Gasteiger charge is -2.28. The first kappa shape index (κ1) is 15.9. The number of hydrogen-bond acceptors (Lipinski definition) is 1. The molecule has 0 spiro atoms. The Kier molecular flexibility index (Phi) is 4.55. The zero-order chi connectivity index (χ0) is 15.0. The first-order valence-electron chi connectivity index (χ1n) is 7.07. The summed E-state index contributed by atoms with van der Waals surface area (Å²) in [4.78, 5) is 0. The van der Waals surface area contributed by atoms with E-state index in [1.54, 1.807) is 0 Å². The van der Waals surface area contributed by atoms with Gasteiger partial charge in [0, 0.05) is 12.0 Å². The fraction of sp³-hybridized carbons (Fsp3) is 0.625. The van der Waals surface area contributed by atoms with Crippen molar-refractivity contribution >= 4 is 15.9 Å². The standard InChI is InChI=1S/C16H21BrF2O/c1-15(2)6-3-7-16(20,9-8-15)10-11-13(18)5-4-12(17)14(11)19/h4-5,20H,3,6-10H2,1-2H3. The summed E-state index contributed by atoms with van der Waals surface area (Å²) in [6.07, 6.45) is 4.04. The molecule has 0 aromatic heterocycles. The van der Waals surface area contributed by atoms with Crippen molar-refractivity contribution in [1.82, 2.24) is 0 Å². The highest BCUT2D eigenvalue weighted by molar-refractivity contribution is 9.10. The lowest BCUT2D eigenvalue weighted by atomic mass is 9.83. The molecule has 1 unspecified atom stereocenters. The lowest BCUT2D eigenvalue weighted by Crippen LogP contribution is -2.32. The molecule has 1 nitrogen and oxygen atoms in total. The van der Waals surface area contributed by atoms with Crippen molar-refractivity contribution in [2.24, 2.45) is 5.41 Å². The molecule has 112 valence electrons. The third-order valence-corrected chi connectivity index (χ3v) is 5.02. The van der Waals surface area contributed by atoms with Gasteiger partial charge in [0.15, 0.2) is 0 Å². The SMILES string of the molecule is CC1(C)CCCC(O)(Cc2c(F)ccc(Br)c2F)CC1. The quantitative estimate of drug-likeness (QED) is 0.590. The Bertz CT molecular complexity index is 501. The molecule has 1 aliphatic rings. The van der Waals surface area contributed by atoms with Crippen molar-refractivity contribution in [1.29, 1.82) is 0 Å². The van der Waals surface area contributed by atoms with Crippen LogP contribution in [0, 0.1) is 17.0 Å². The Hall–Kier alpha value is -0.480. The molecular formula is C16H21BrF2O. The largest absolute Gasteiger partial charge is 0.390 e. The second-order valence-electron chi connectivity index (χ2n) is 6.74. The van der Waals surface area contributed by atoms with Gasteiger partial charge in [-0.05, 0) is 59.2 Å². The number of benzene rings is 1. The van der Waals surface area contributed by atoms with Crippen LogP contribution in [0.25, 0.3) is 0 Å². The molecule has 0 saturated heterocycles. The Balaban J connectivity index is 2.23. The molecule has 1 fully saturated rings. The van der Waals surface area contributed by atoms with E-state index in [-0.39, 0.29) is 21.9 Å². The van der Waals surface area contributed by atoms with Gasteiger partial charge in [-0.1, -0.05) is 20.3 Å². The number of rotatable bonds is 2. The molecule has 0 amide bonds. The van der Waals surface area contributed by atoms with Crippen LogP contribution in [0.1, 0.15) is 51.5 Å². The molecule has 1 aliphatic carbocycles. The summed E-state index contributed by atoms with van der Waals surface area (Å²) in [5, 5.41) is 10.7. The first-order valence-corrected chi connectivity index (χ1v) is 7.87. The van der Waals surface area contributed by atoms with Crippen LogP contribution in [0.5, 0.6) is 0 Å². The second kappa shape index (κ2) is 5.72. The average Bonchev–Trinajstić information content (AvgIpc) is 2.50. The first-order chi connectivity index (χ1) is 9.22. The molecule has 0 bridgehead atoms. The zero-order valence-electron chi connectivity index (χ0n) is 12.0. The van der Waals surface area contributed by atoms with Crippen LogP contribution in [0.4, 0.5) is 8.78 Å². The Morgan fingerprint density at radius 3 is 2.55 bits per heavy atom. The predicted octanol–water partition coefficient (Wildman–Crippen LogP) is 4.99. The molecule has 0 radical (unpaired) electrons. The Morgan fingerprint density at radius 1 is 1.15 bits per heavy atom. The molecular weight excluding hydrogens is 326 g/mol. The maximum atomic E-state index is 14.0. The van der Waals surface area contributed by atoms with E-state index in [0.29, 0.717) is 12.8 Å². The van der Waals surface area contributed by atoms with Gasteiger partial charge in [0.25, 0.3) is 0 Å². The molecule has 20 heavy (non-hydrogen) atoms. The minimum Gasteiger partial charge on any atom is -0.390 e. The smallest absolute Gasteiger partial charge is 0.143 e. The molecule has 1 saturated carbocycles. The third kappa shape index (κ3) is 3.59. The van der Waals surface area contributed by atoms with E-state index in [4.69, 9.17) is 0 Å². The van der Waals surface area contributed by atoms with Gasteiger partial charge in [0.1, 0.15) is 11.6 Å². The van der Waals surface area contributed by atoms with Crippen LogP contribution in [0.15, 0.2) is 16.6 Å². The van der Waals surface area contributed by atoms with Crippen molar-refractivity contribution in [3.63, 3.8) is 0 Å². The van der Waals surface area contributed by atoms with Crippen LogP contribution in [-0.2, 0) is 6.42 Å². The fourth-order valence-electron chi connectivity index (χ4n) is 2.95. The minimum absolute atomic E-state index is 0.0124. The number of halogens is 3. The van der Waals surface area contributed by atoms with E-state index in [1.807, 2.05) is 0 Å². The normalized spacial score (nSPS) is 26.3. The van der Waals surface area contributed by atoms with Crippen molar-refractivity contribution in [3.05, 3.63) is 33.8 Å². The van der Waals surface area contributed by atoms with Crippen LogP contribution in [0.3, 0.4) is 0 Å². The second-order valence-corrected chi connectivity index (χ2v) is 7.59. The molecule has 4 heteroatoms. The van der Waals surface area contributed by atoms with Gasteiger partial charge in [-0.2, -0.15) is 0 Å². The lowest BCUT2D eigenvalue weighted by molar-refractivity contribution is 0.0210. The van der Waals surface area contributed by atoms with Crippen LogP contribution < -0.4 is 0 Å². The third-order valence-electron chi connectivity index (χ3n) is 4.41. The van der Waals surface area contributed by atoms with Gasteiger partial charge in [-0.15, -0.1) is 0 Å². The van der Waals surface area contributed by atoms with Gasteiger partial charge in [-0.25, -0.2) is 8.78 Å². The van der Waals surface area contributed by atoms with Crippen molar-refractivity contribution in [3.8, 4) is 0 Å². The maximum absolute atomic E-state index is 14.0. The van der Waals surface area contributed by atoms with E-state index >= 15 is 0 Å². The van der Waals surface area contributed by atoms with Crippen molar-refractivity contribution in [2.45, 2.75) is 58.0 Å². The Morgan fingerprint density at radius 2 is 1.85 bits per heavy atom. The molecule has 1 aromatic carbocycles. The fourth-order valence-corrected chi connectivity index (χ4v) is 3.33. The summed E-state index contributed by atoms with van der Waals surface area (Å²) in [7, 11) is 0. The molecule has 1 atom stereocenters. The number of aliphatic hydroxyl groups is 1. The van der Waals surface area contributed by atoms with E-state index in [2.05, 4.69) is 29.8 Å². The highest BCUT2D eigenvalue weighted by Gasteiger charge is 2.35. The van der Waals surface area contributed by atoms with E-state index in [1.165, 1.54) is 12.1 Å². The van der Waals surface area contributed by atoms with Gasteiger partial charge in [0.2, 0.25) is 0 Å². The summed E-state index contributed by atoms with van der Waals surface area (Å²) < 4.78 is 28.1. The summed E-state index contributed by atoms with van der Waals surface area (Å²) in [6, 6.07) is 2.60. The highest BCUT2D eigenvalue weighted by Crippen LogP contribution is 2.40. The average molecular weight is 347 g/mol. The van der Waals surface area contributed by atoms with Gasteiger partial charge < -0.3 is 5.11 Å². The van der Waals surface area contributed by atoms with E-state index in [0.717, 1.165) is 19.3 Å². The topological polar surface area (TPSA) is 20.2 Å². The molecule has 1 aromatic rings. The minimum atomic E-state index is -1.00. The van der Waals surface area contributed by atoms with Gasteiger partial charge in [0.05, 0.1) is 10.1 Å². The molecule has 0 aliphatic heterocycles. The van der Waals surface area contributed by atoms with Crippen molar-refractivity contribution < 1.29 is 13.9 Å². The monoisotopic (exact) mass is 346 g/mol. The van der Waals surface area contributed by atoms with Crippen LogP contribution in [0.2, 0.25) is 0 Å². The molecule has 1 N–H and O–H groups in total. The van der Waals surface area contributed by atoms with Gasteiger partial charge in [-0.3, -0.25) is 0 Å². The summed E-state index contributed by atoms with van der Waals surface area (Å²) >= 11 is 3.07. The van der Waals surface area contributed by atoms with E-state index < -0.39 is 17.2 Å². The summed E-state index contributed by atoms with van der Waals surface area (Å²) in [5.74, 6) is -1.18. The van der Waals surface area contributed by atoms with E-state index in [9.17, 15) is 13.9 Å². The van der Waals surface area contributed by atoms with Crippen molar-refractivity contribution in [2.75, 3.05) is 0 Å².